The Morgan fingerprint density at radius 3 is 2.72 bits per heavy atom. The molecule has 4 nitrogen and oxygen atoms in total. The fraction of sp³-hybridized carbons (Fsp3) is 0.0769. The summed E-state index contributed by atoms with van der Waals surface area (Å²) >= 11 is 3.30. The molecule has 1 aromatic heterocycles. The number of pyridine rings is 1. The van der Waals surface area contributed by atoms with Crippen LogP contribution in [0.5, 0.6) is 0 Å². The van der Waals surface area contributed by atoms with E-state index in [0.29, 0.717) is 17.1 Å². The zero-order valence-electron chi connectivity index (χ0n) is 9.77. The molecule has 0 unspecified atom stereocenters. The number of rotatable bonds is 2. The molecule has 0 bridgehead atoms. The lowest BCUT2D eigenvalue weighted by Crippen LogP contribution is -2.13. The Morgan fingerprint density at radius 2 is 2.11 bits per heavy atom. The van der Waals surface area contributed by atoms with Gasteiger partial charge in [-0.3, -0.25) is 4.79 Å². The number of nitrogens with zero attached hydrogens (tertiary/aromatic N) is 1. The highest BCUT2D eigenvalue weighted by Gasteiger charge is 2.08. The zero-order chi connectivity index (χ0) is 13.1. The van der Waals surface area contributed by atoms with E-state index in [1.165, 1.54) is 0 Å². The van der Waals surface area contributed by atoms with Gasteiger partial charge in [-0.15, -0.1) is 0 Å². The van der Waals surface area contributed by atoms with Crippen molar-refractivity contribution in [2.24, 2.45) is 0 Å². The van der Waals surface area contributed by atoms with Gasteiger partial charge in [0.15, 0.2) is 0 Å². The molecule has 2 aromatic rings. The van der Waals surface area contributed by atoms with Gasteiger partial charge < -0.3 is 11.1 Å². The lowest BCUT2D eigenvalue weighted by atomic mass is 10.2. The first kappa shape index (κ1) is 12.6. The number of hydrogen-bond acceptors (Lipinski definition) is 3. The summed E-state index contributed by atoms with van der Waals surface area (Å²) in [4.78, 5) is 16.1. The summed E-state index contributed by atoms with van der Waals surface area (Å²) in [6.45, 7) is 1.94. The van der Waals surface area contributed by atoms with Crippen molar-refractivity contribution in [3.8, 4) is 0 Å². The average Bonchev–Trinajstić information content (AvgIpc) is 2.31. The first-order chi connectivity index (χ1) is 8.54. The normalized spacial score (nSPS) is 10.1. The monoisotopic (exact) mass is 305 g/mol. The number of carbonyl (C=O) groups is 1. The molecular formula is C13H12BrN3O. The first-order valence-corrected chi connectivity index (χ1v) is 6.14. The van der Waals surface area contributed by atoms with Crippen LogP contribution in [0.4, 0.5) is 11.5 Å². The Morgan fingerprint density at radius 1 is 1.33 bits per heavy atom. The minimum atomic E-state index is -0.237. The molecule has 0 saturated carbocycles. The minimum Gasteiger partial charge on any atom is -0.399 e. The van der Waals surface area contributed by atoms with Crippen molar-refractivity contribution < 1.29 is 4.79 Å². The van der Waals surface area contributed by atoms with E-state index >= 15 is 0 Å². The van der Waals surface area contributed by atoms with Crippen LogP contribution in [0.1, 0.15) is 15.9 Å². The Bertz CT molecular complexity index is 561. The number of carbonyl (C=O) groups excluding carboxylic acids is 1. The van der Waals surface area contributed by atoms with Crippen LogP contribution in [0, 0.1) is 6.92 Å². The van der Waals surface area contributed by atoms with Gasteiger partial charge >= 0.3 is 0 Å². The van der Waals surface area contributed by atoms with Crippen LogP contribution in [0.15, 0.2) is 41.0 Å². The molecule has 18 heavy (non-hydrogen) atoms. The number of benzene rings is 1. The first-order valence-electron chi connectivity index (χ1n) is 5.34. The molecule has 0 radical (unpaired) electrons. The van der Waals surface area contributed by atoms with Crippen molar-refractivity contribution in [3.05, 3.63) is 52.1 Å². The number of amides is 1. The third-order valence-corrected chi connectivity index (χ3v) is 2.79. The van der Waals surface area contributed by atoms with Crippen molar-refractivity contribution in [1.29, 1.82) is 0 Å². The maximum atomic E-state index is 12.0. The molecule has 1 amide bonds. The summed E-state index contributed by atoms with van der Waals surface area (Å²) in [7, 11) is 0. The molecule has 0 fully saturated rings. The van der Waals surface area contributed by atoms with Crippen molar-refractivity contribution in [2.45, 2.75) is 6.92 Å². The van der Waals surface area contributed by atoms with Crippen molar-refractivity contribution in [1.82, 2.24) is 4.98 Å². The van der Waals surface area contributed by atoms with Crippen molar-refractivity contribution >= 4 is 33.3 Å². The molecule has 0 spiro atoms. The number of nitrogens with one attached hydrogen (secondary N) is 1. The van der Waals surface area contributed by atoms with Crippen LogP contribution in [0.3, 0.4) is 0 Å². The molecule has 0 aliphatic carbocycles. The maximum absolute atomic E-state index is 12.0. The van der Waals surface area contributed by atoms with Crippen LogP contribution in [0.2, 0.25) is 0 Å². The van der Waals surface area contributed by atoms with Crippen LogP contribution in [-0.2, 0) is 0 Å². The largest absolute Gasteiger partial charge is 0.399 e. The van der Waals surface area contributed by atoms with Gasteiger partial charge in [-0.1, -0.05) is 22.0 Å². The van der Waals surface area contributed by atoms with Gasteiger partial charge in [-0.05, 0) is 36.8 Å². The summed E-state index contributed by atoms with van der Waals surface area (Å²) in [5.41, 5.74) is 7.75. The van der Waals surface area contributed by atoms with Crippen molar-refractivity contribution in [2.75, 3.05) is 11.1 Å². The Hall–Kier alpha value is -1.88. The van der Waals surface area contributed by atoms with E-state index in [4.69, 9.17) is 5.73 Å². The lowest BCUT2D eigenvalue weighted by molar-refractivity contribution is 0.102. The number of hydrogen-bond donors (Lipinski definition) is 2. The molecule has 0 atom stereocenters. The summed E-state index contributed by atoms with van der Waals surface area (Å²) < 4.78 is 0.768. The van der Waals surface area contributed by atoms with Crippen LogP contribution >= 0.6 is 15.9 Å². The number of aromatic nitrogens is 1. The van der Waals surface area contributed by atoms with E-state index in [0.717, 1.165) is 10.0 Å². The minimum absolute atomic E-state index is 0.237. The Kier molecular flexibility index (Phi) is 3.62. The predicted octanol–water partition coefficient (Wildman–Crippen LogP) is 2.99. The maximum Gasteiger partial charge on any atom is 0.256 e. The topological polar surface area (TPSA) is 68.0 Å². The molecule has 5 heteroatoms. The van der Waals surface area contributed by atoms with Gasteiger partial charge in [0.05, 0.1) is 0 Å². The van der Waals surface area contributed by atoms with Gasteiger partial charge in [-0.2, -0.15) is 0 Å². The third-order valence-electron chi connectivity index (χ3n) is 2.34. The van der Waals surface area contributed by atoms with Crippen LogP contribution in [-0.4, -0.2) is 10.9 Å². The standard InChI is InChI=1S/C13H12BrN3O/c1-8-2-3-12(16-7-8)17-13(18)9-4-10(14)6-11(15)5-9/h2-7H,15H2,1H3,(H,16,17,18). The van der Waals surface area contributed by atoms with E-state index in [1.54, 1.807) is 30.5 Å². The van der Waals surface area contributed by atoms with E-state index in [2.05, 4.69) is 26.2 Å². The van der Waals surface area contributed by atoms with E-state index < -0.39 is 0 Å². The van der Waals surface area contributed by atoms with Crippen LogP contribution in [0.25, 0.3) is 0 Å². The second kappa shape index (κ2) is 5.18. The van der Waals surface area contributed by atoms with Gasteiger partial charge in [-0.25, -0.2) is 4.98 Å². The number of halogens is 1. The molecule has 0 saturated heterocycles. The third kappa shape index (κ3) is 3.07. The molecule has 1 heterocycles. The molecular weight excluding hydrogens is 294 g/mol. The van der Waals surface area contributed by atoms with Crippen molar-refractivity contribution in [3.63, 3.8) is 0 Å². The average molecular weight is 306 g/mol. The summed E-state index contributed by atoms with van der Waals surface area (Å²) in [5, 5.41) is 2.71. The molecule has 0 aliphatic heterocycles. The second-order valence-corrected chi connectivity index (χ2v) is 4.86. The molecule has 3 N–H and O–H groups in total. The molecule has 0 aliphatic rings. The van der Waals surface area contributed by atoms with E-state index in [1.807, 2.05) is 13.0 Å². The highest BCUT2D eigenvalue weighted by atomic mass is 79.9. The fourth-order valence-electron chi connectivity index (χ4n) is 1.47. The highest BCUT2D eigenvalue weighted by molar-refractivity contribution is 9.10. The van der Waals surface area contributed by atoms with Gasteiger partial charge in [0.1, 0.15) is 5.82 Å². The Balaban J connectivity index is 2.19. The number of aryl methyl sites for hydroxylation is 1. The SMILES string of the molecule is Cc1ccc(NC(=O)c2cc(N)cc(Br)c2)nc1. The van der Waals surface area contributed by atoms with E-state index in [-0.39, 0.29) is 5.91 Å². The quantitative estimate of drug-likeness (QED) is 0.838. The second-order valence-electron chi connectivity index (χ2n) is 3.95. The highest BCUT2D eigenvalue weighted by Crippen LogP contribution is 2.18. The predicted molar refractivity (Wildman–Crippen MR) is 75.5 cm³/mol. The number of nitrogen functional groups attached to an aromatic ring is 1. The summed E-state index contributed by atoms with van der Waals surface area (Å²) in [5.74, 6) is 0.281. The smallest absolute Gasteiger partial charge is 0.256 e. The fourth-order valence-corrected chi connectivity index (χ4v) is 1.98. The van der Waals surface area contributed by atoms with Crippen LogP contribution < -0.4 is 11.1 Å². The lowest BCUT2D eigenvalue weighted by Gasteiger charge is -2.06. The van der Waals surface area contributed by atoms with Gasteiger partial charge in [0, 0.05) is 21.9 Å². The molecule has 2 rings (SSSR count). The number of nitrogens with two attached hydrogens (primary N) is 1. The molecule has 92 valence electrons. The molecule has 1 aromatic carbocycles. The van der Waals surface area contributed by atoms with Gasteiger partial charge in [0.25, 0.3) is 5.91 Å². The summed E-state index contributed by atoms with van der Waals surface area (Å²) in [6, 6.07) is 8.71. The Labute approximate surface area is 113 Å². The number of anilines is 2. The van der Waals surface area contributed by atoms with Gasteiger partial charge in [0.2, 0.25) is 0 Å². The van der Waals surface area contributed by atoms with E-state index in [9.17, 15) is 4.79 Å². The summed E-state index contributed by atoms with van der Waals surface area (Å²) in [6.07, 6.45) is 1.70. The zero-order valence-corrected chi connectivity index (χ0v) is 11.4.